The molecule has 1 N–H and O–H groups in total. The first-order valence-electron chi connectivity index (χ1n) is 5.99. The summed E-state index contributed by atoms with van der Waals surface area (Å²) in [4.78, 5) is 0. The minimum Gasteiger partial charge on any atom is -0.494 e. The third-order valence-electron chi connectivity index (χ3n) is 2.53. The first kappa shape index (κ1) is 12.8. The lowest BCUT2D eigenvalue weighted by atomic mass is 10.2. The second-order valence-electron chi connectivity index (χ2n) is 3.94. The van der Waals surface area contributed by atoms with Gasteiger partial charge in [0.2, 0.25) is 0 Å². The number of rotatable bonds is 5. The van der Waals surface area contributed by atoms with E-state index in [4.69, 9.17) is 16.3 Å². The van der Waals surface area contributed by atoms with Crippen LogP contribution in [0.15, 0.2) is 48.5 Å². The molecule has 0 aliphatic heterocycles. The molecular formula is C15H16ClNO. The SMILES string of the molecule is CCOc1cccc(CNc2cccc(Cl)c2)c1. The van der Waals surface area contributed by atoms with Crippen LogP contribution in [0.5, 0.6) is 5.75 Å². The molecule has 0 bridgehead atoms. The molecule has 2 nitrogen and oxygen atoms in total. The van der Waals surface area contributed by atoms with Gasteiger partial charge >= 0.3 is 0 Å². The number of hydrogen-bond acceptors (Lipinski definition) is 2. The van der Waals surface area contributed by atoms with Crippen LogP contribution in [-0.2, 0) is 6.54 Å². The van der Waals surface area contributed by atoms with Gasteiger partial charge in [0.25, 0.3) is 0 Å². The molecule has 0 unspecified atom stereocenters. The van der Waals surface area contributed by atoms with Crippen molar-refractivity contribution in [3.63, 3.8) is 0 Å². The third-order valence-corrected chi connectivity index (χ3v) is 2.77. The molecule has 0 aromatic heterocycles. The van der Waals surface area contributed by atoms with E-state index in [1.165, 1.54) is 5.56 Å². The molecule has 94 valence electrons. The fourth-order valence-electron chi connectivity index (χ4n) is 1.71. The lowest BCUT2D eigenvalue weighted by Gasteiger charge is -2.08. The molecule has 18 heavy (non-hydrogen) atoms. The highest BCUT2D eigenvalue weighted by Gasteiger charge is 1.97. The first-order valence-corrected chi connectivity index (χ1v) is 6.37. The predicted molar refractivity (Wildman–Crippen MR) is 76.4 cm³/mol. The summed E-state index contributed by atoms with van der Waals surface area (Å²) < 4.78 is 5.47. The molecule has 2 rings (SSSR count). The number of anilines is 1. The number of halogens is 1. The van der Waals surface area contributed by atoms with Crippen molar-refractivity contribution in [2.45, 2.75) is 13.5 Å². The summed E-state index contributed by atoms with van der Waals surface area (Å²) in [6.45, 7) is 3.42. The highest BCUT2D eigenvalue weighted by molar-refractivity contribution is 6.30. The van der Waals surface area contributed by atoms with Crippen molar-refractivity contribution in [3.8, 4) is 5.75 Å². The smallest absolute Gasteiger partial charge is 0.119 e. The maximum absolute atomic E-state index is 5.93. The zero-order valence-electron chi connectivity index (χ0n) is 10.3. The molecule has 2 aromatic rings. The maximum Gasteiger partial charge on any atom is 0.119 e. The van der Waals surface area contributed by atoms with Crippen LogP contribution < -0.4 is 10.1 Å². The monoisotopic (exact) mass is 261 g/mol. The Kier molecular flexibility index (Phi) is 4.48. The van der Waals surface area contributed by atoms with E-state index in [0.717, 1.165) is 23.0 Å². The summed E-state index contributed by atoms with van der Waals surface area (Å²) in [5.74, 6) is 0.905. The van der Waals surface area contributed by atoms with Crippen LogP contribution in [0.2, 0.25) is 5.02 Å². The molecule has 0 saturated carbocycles. The van der Waals surface area contributed by atoms with Crippen molar-refractivity contribution in [2.75, 3.05) is 11.9 Å². The zero-order chi connectivity index (χ0) is 12.8. The minimum absolute atomic E-state index is 0.686. The molecule has 0 radical (unpaired) electrons. The average molecular weight is 262 g/mol. The lowest BCUT2D eigenvalue weighted by molar-refractivity contribution is 0.340. The van der Waals surface area contributed by atoms with Gasteiger partial charge in [-0.1, -0.05) is 29.8 Å². The Balaban J connectivity index is 1.99. The van der Waals surface area contributed by atoms with Gasteiger partial charge in [-0.25, -0.2) is 0 Å². The molecule has 3 heteroatoms. The van der Waals surface area contributed by atoms with Crippen molar-refractivity contribution in [2.24, 2.45) is 0 Å². The standard InChI is InChI=1S/C15H16ClNO/c1-2-18-15-8-3-5-12(9-15)11-17-14-7-4-6-13(16)10-14/h3-10,17H,2,11H2,1H3. The molecule has 0 saturated heterocycles. The van der Waals surface area contributed by atoms with Crippen LogP contribution in [0.3, 0.4) is 0 Å². The van der Waals surface area contributed by atoms with Gasteiger partial charge < -0.3 is 10.1 Å². The Morgan fingerprint density at radius 2 is 1.94 bits per heavy atom. The Bertz CT molecular complexity index is 513. The van der Waals surface area contributed by atoms with Crippen molar-refractivity contribution in [1.29, 1.82) is 0 Å². The van der Waals surface area contributed by atoms with Gasteiger partial charge in [-0.05, 0) is 42.8 Å². The topological polar surface area (TPSA) is 21.3 Å². The molecule has 0 aliphatic carbocycles. The van der Waals surface area contributed by atoms with Gasteiger partial charge in [0.1, 0.15) is 5.75 Å². The highest BCUT2D eigenvalue weighted by Crippen LogP contribution is 2.17. The van der Waals surface area contributed by atoms with E-state index in [-0.39, 0.29) is 0 Å². The molecule has 0 aliphatic rings. The summed E-state index contributed by atoms with van der Waals surface area (Å²) >= 11 is 5.93. The van der Waals surface area contributed by atoms with Gasteiger partial charge in [0.15, 0.2) is 0 Å². The lowest BCUT2D eigenvalue weighted by Crippen LogP contribution is -2.00. The Hall–Kier alpha value is -1.67. The van der Waals surface area contributed by atoms with Crippen molar-refractivity contribution in [3.05, 3.63) is 59.1 Å². The van der Waals surface area contributed by atoms with E-state index in [1.807, 2.05) is 49.4 Å². The fraction of sp³-hybridized carbons (Fsp3) is 0.200. The molecule has 0 heterocycles. The van der Waals surface area contributed by atoms with E-state index in [9.17, 15) is 0 Å². The fourth-order valence-corrected chi connectivity index (χ4v) is 1.90. The number of benzene rings is 2. The summed E-state index contributed by atoms with van der Waals surface area (Å²) in [6, 6.07) is 15.8. The summed E-state index contributed by atoms with van der Waals surface area (Å²) in [5, 5.41) is 4.07. The third kappa shape index (κ3) is 3.67. The maximum atomic E-state index is 5.93. The quantitative estimate of drug-likeness (QED) is 0.864. The largest absolute Gasteiger partial charge is 0.494 e. The predicted octanol–water partition coefficient (Wildman–Crippen LogP) is 4.35. The van der Waals surface area contributed by atoms with E-state index in [0.29, 0.717) is 6.61 Å². The number of hydrogen-bond donors (Lipinski definition) is 1. The second kappa shape index (κ2) is 6.31. The van der Waals surface area contributed by atoms with Crippen molar-refractivity contribution >= 4 is 17.3 Å². The van der Waals surface area contributed by atoms with Crippen LogP contribution in [0.25, 0.3) is 0 Å². The van der Waals surface area contributed by atoms with Crippen molar-refractivity contribution < 1.29 is 4.74 Å². The summed E-state index contributed by atoms with van der Waals surface area (Å²) in [7, 11) is 0. The van der Waals surface area contributed by atoms with Gasteiger partial charge in [-0.3, -0.25) is 0 Å². The minimum atomic E-state index is 0.686. The van der Waals surface area contributed by atoms with Crippen LogP contribution in [0.4, 0.5) is 5.69 Å². The molecule has 0 atom stereocenters. The second-order valence-corrected chi connectivity index (χ2v) is 4.38. The molecule has 2 aromatic carbocycles. The normalized spacial score (nSPS) is 10.1. The molecular weight excluding hydrogens is 246 g/mol. The van der Waals surface area contributed by atoms with Gasteiger partial charge in [-0.2, -0.15) is 0 Å². The molecule has 0 amide bonds. The van der Waals surface area contributed by atoms with Gasteiger partial charge in [0, 0.05) is 17.3 Å². The summed E-state index contributed by atoms with van der Waals surface area (Å²) in [6.07, 6.45) is 0. The number of ether oxygens (including phenoxy) is 1. The van der Waals surface area contributed by atoms with E-state index in [1.54, 1.807) is 0 Å². The van der Waals surface area contributed by atoms with E-state index in [2.05, 4.69) is 11.4 Å². The Morgan fingerprint density at radius 3 is 2.72 bits per heavy atom. The van der Waals surface area contributed by atoms with Crippen LogP contribution in [0.1, 0.15) is 12.5 Å². The zero-order valence-corrected chi connectivity index (χ0v) is 11.1. The van der Waals surface area contributed by atoms with Gasteiger partial charge in [-0.15, -0.1) is 0 Å². The van der Waals surface area contributed by atoms with Gasteiger partial charge in [0.05, 0.1) is 6.61 Å². The Morgan fingerprint density at radius 1 is 1.11 bits per heavy atom. The molecule has 0 fully saturated rings. The van der Waals surface area contributed by atoms with Crippen molar-refractivity contribution in [1.82, 2.24) is 0 Å². The number of nitrogens with one attached hydrogen (secondary N) is 1. The van der Waals surface area contributed by atoms with Crippen LogP contribution >= 0.6 is 11.6 Å². The van der Waals surface area contributed by atoms with E-state index >= 15 is 0 Å². The van der Waals surface area contributed by atoms with Crippen LogP contribution in [-0.4, -0.2) is 6.61 Å². The Labute approximate surface area is 113 Å². The first-order chi connectivity index (χ1) is 8.78. The highest BCUT2D eigenvalue weighted by atomic mass is 35.5. The van der Waals surface area contributed by atoms with Crippen LogP contribution in [0, 0.1) is 0 Å². The molecule has 0 spiro atoms. The van der Waals surface area contributed by atoms with E-state index < -0.39 is 0 Å². The summed E-state index contributed by atoms with van der Waals surface area (Å²) in [5.41, 5.74) is 2.20. The average Bonchev–Trinajstić information content (AvgIpc) is 2.37.